The Morgan fingerprint density at radius 2 is 1.96 bits per heavy atom. The molecule has 0 radical (unpaired) electrons. The summed E-state index contributed by atoms with van der Waals surface area (Å²) < 4.78 is 9.93. The molecule has 1 amide bonds. The molecule has 0 unspecified atom stereocenters. The Morgan fingerprint density at radius 1 is 1.26 bits per heavy atom. The third kappa shape index (κ3) is 4.53. The minimum absolute atomic E-state index is 0.0718. The van der Waals surface area contributed by atoms with E-state index in [2.05, 4.69) is 20.3 Å². The summed E-state index contributed by atoms with van der Waals surface area (Å²) in [6.45, 7) is 4.44. The van der Waals surface area contributed by atoms with Gasteiger partial charge >= 0.3 is 0 Å². The number of ether oxygens (including phenoxy) is 1. The number of nitrogens with one attached hydrogen (secondary N) is 1. The second kappa shape index (κ2) is 7.73. The fraction of sp³-hybridized carbons (Fsp3) is 0.438. The first-order chi connectivity index (χ1) is 11.0. The molecule has 1 aromatic heterocycles. The van der Waals surface area contributed by atoms with Gasteiger partial charge in [-0.1, -0.05) is 35.0 Å². The van der Waals surface area contributed by atoms with Crippen LogP contribution in [0.1, 0.15) is 22.9 Å². The van der Waals surface area contributed by atoms with Gasteiger partial charge in [0.15, 0.2) is 0 Å². The first kappa shape index (κ1) is 17.0. The Labute approximate surface area is 135 Å². The summed E-state index contributed by atoms with van der Waals surface area (Å²) >= 11 is 0. The van der Waals surface area contributed by atoms with E-state index in [9.17, 15) is 4.79 Å². The minimum Gasteiger partial charge on any atom is -0.472 e. The topological polar surface area (TPSA) is 80.5 Å². The van der Waals surface area contributed by atoms with Gasteiger partial charge in [0.1, 0.15) is 18.3 Å². The Hall–Kier alpha value is -2.41. The molecule has 0 aliphatic rings. The lowest BCUT2D eigenvalue weighted by molar-refractivity contribution is -0.125. The van der Waals surface area contributed by atoms with E-state index >= 15 is 0 Å². The predicted octanol–water partition coefficient (Wildman–Crippen LogP) is 1.48. The maximum atomic E-state index is 12.4. The molecule has 0 bridgehead atoms. The van der Waals surface area contributed by atoms with E-state index in [4.69, 9.17) is 4.74 Å². The van der Waals surface area contributed by atoms with Crippen molar-refractivity contribution in [1.29, 1.82) is 0 Å². The highest BCUT2D eigenvalue weighted by atomic mass is 16.6. The Morgan fingerprint density at radius 3 is 2.52 bits per heavy atom. The lowest BCUT2D eigenvalue weighted by atomic mass is 10.0. The average Bonchev–Trinajstić information content (AvgIpc) is 2.91. The second-order valence-electron chi connectivity index (χ2n) is 5.57. The summed E-state index contributed by atoms with van der Waals surface area (Å²) in [5.41, 5.74) is 2.70. The molecule has 0 aliphatic heterocycles. The average molecular weight is 318 g/mol. The number of aromatic nitrogens is 2. The molecule has 0 saturated heterocycles. The van der Waals surface area contributed by atoms with Crippen molar-refractivity contribution in [2.24, 2.45) is 0 Å². The molecule has 0 saturated carbocycles. The van der Waals surface area contributed by atoms with Crippen LogP contribution in [0.5, 0.6) is 5.88 Å². The summed E-state index contributed by atoms with van der Waals surface area (Å²) in [6.07, 6.45) is 0. The van der Waals surface area contributed by atoms with E-state index in [0.717, 1.165) is 11.1 Å². The third-order valence-corrected chi connectivity index (χ3v) is 3.41. The molecule has 124 valence electrons. The van der Waals surface area contributed by atoms with Gasteiger partial charge in [-0.3, -0.25) is 9.69 Å². The van der Waals surface area contributed by atoms with Gasteiger partial charge in [-0.15, -0.1) is 0 Å². The molecule has 0 fully saturated rings. The number of likely N-dealkylation sites (N-methyl/N-ethyl adjacent to an activating group) is 1. The molecule has 1 aromatic carbocycles. The summed E-state index contributed by atoms with van der Waals surface area (Å²) in [5, 5.41) is 10.1. The van der Waals surface area contributed by atoms with Crippen LogP contribution in [-0.4, -0.2) is 48.4 Å². The number of rotatable bonds is 7. The van der Waals surface area contributed by atoms with Crippen LogP contribution in [0.25, 0.3) is 0 Å². The zero-order valence-electron chi connectivity index (χ0n) is 13.9. The molecule has 7 nitrogen and oxygen atoms in total. The van der Waals surface area contributed by atoms with Gasteiger partial charge in [-0.25, -0.2) is 4.63 Å². The van der Waals surface area contributed by atoms with Crippen LogP contribution in [0.15, 0.2) is 28.9 Å². The van der Waals surface area contributed by atoms with Gasteiger partial charge in [-0.2, -0.15) is 0 Å². The molecule has 23 heavy (non-hydrogen) atoms. The maximum absolute atomic E-state index is 12.4. The van der Waals surface area contributed by atoms with Crippen LogP contribution in [0.2, 0.25) is 0 Å². The molecule has 7 heteroatoms. The molecular weight excluding hydrogens is 296 g/mol. The molecule has 0 spiro atoms. The van der Waals surface area contributed by atoms with Crippen LogP contribution < -0.4 is 10.1 Å². The smallest absolute Gasteiger partial charge is 0.278 e. The van der Waals surface area contributed by atoms with Gasteiger partial charge in [0.25, 0.3) is 5.88 Å². The van der Waals surface area contributed by atoms with Crippen molar-refractivity contribution < 1.29 is 14.2 Å². The van der Waals surface area contributed by atoms with Crippen molar-refractivity contribution in [2.45, 2.75) is 19.9 Å². The van der Waals surface area contributed by atoms with Crippen LogP contribution >= 0.6 is 0 Å². The molecule has 1 N–H and O–H groups in total. The fourth-order valence-electron chi connectivity index (χ4n) is 2.21. The number of amides is 1. The van der Waals surface area contributed by atoms with E-state index < -0.39 is 0 Å². The van der Waals surface area contributed by atoms with E-state index in [1.807, 2.05) is 50.2 Å². The van der Waals surface area contributed by atoms with Gasteiger partial charge < -0.3 is 10.1 Å². The second-order valence-corrected chi connectivity index (χ2v) is 5.57. The molecule has 2 rings (SSSR count). The van der Waals surface area contributed by atoms with Crippen molar-refractivity contribution in [3.8, 4) is 5.88 Å². The van der Waals surface area contributed by atoms with Crippen molar-refractivity contribution >= 4 is 5.91 Å². The zero-order chi connectivity index (χ0) is 16.8. The van der Waals surface area contributed by atoms with Crippen LogP contribution in [0, 0.1) is 13.8 Å². The highest BCUT2D eigenvalue weighted by molar-refractivity contribution is 5.83. The Balaban J connectivity index is 1.89. The van der Waals surface area contributed by atoms with Gasteiger partial charge in [0, 0.05) is 0 Å². The van der Waals surface area contributed by atoms with Crippen molar-refractivity contribution in [3.63, 3.8) is 0 Å². The summed E-state index contributed by atoms with van der Waals surface area (Å²) in [4.78, 5) is 14.3. The van der Waals surface area contributed by atoms with E-state index in [0.29, 0.717) is 24.7 Å². The fourth-order valence-corrected chi connectivity index (χ4v) is 2.21. The van der Waals surface area contributed by atoms with Crippen molar-refractivity contribution in [3.05, 3.63) is 41.1 Å². The SMILES string of the molecule is Cc1ccc([C@@H](C(=O)NCCOc2nonc2C)N(C)C)cc1. The van der Waals surface area contributed by atoms with E-state index in [1.165, 1.54) is 0 Å². The number of hydrogen-bond acceptors (Lipinski definition) is 6. The quantitative estimate of drug-likeness (QED) is 0.779. The van der Waals surface area contributed by atoms with E-state index in [1.54, 1.807) is 6.92 Å². The van der Waals surface area contributed by atoms with Gasteiger partial charge in [-0.05, 0) is 38.7 Å². The number of aryl methyl sites for hydroxylation is 2. The maximum Gasteiger partial charge on any atom is 0.278 e. The summed E-state index contributed by atoms with van der Waals surface area (Å²) in [7, 11) is 3.76. The molecule has 1 heterocycles. The van der Waals surface area contributed by atoms with Crippen LogP contribution in [0.4, 0.5) is 0 Å². The molecule has 0 aliphatic carbocycles. The Kier molecular flexibility index (Phi) is 5.70. The highest BCUT2D eigenvalue weighted by Gasteiger charge is 2.22. The summed E-state index contributed by atoms with van der Waals surface area (Å²) in [5.74, 6) is 0.277. The van der Waals surface area contributed by atoms with Gasteiger partial charge in [0.05, 0.1) is 6.54 Å². The number of hydrogen-bond donors (Lipinski definition) is 1. The first-order valence-corrected chi connectivity index (χ1v) is 7.41. The predicted molar refractivity (Wildman–Crippen MR) is 85.1 cm³/mol. The standard InChI is InChI=1S/C16H22N4O3/c1-11-5-7-13(8-6-11)14(20(3)4)15(21)17-9-10-22-16-12(2)18-23-19-16/h5-8,14H,9-10H2,1-4H3,(H,17,21)/t14-/m0/s1. The van der Waals surface area contributed by atoms with Gasteiger partial charge in [0.2, 0.25) is 5.91 Å². The molecular formula is C16H22N4O3. The lowest BCUT2D eigenvalue weighted by Gasteiger charge is -2.24. The highest BCUT2D eigenvalue weighted by Crippen LogP contribution is 2.19. The first-order valence-electron chi connectivity index (χ1n) is 7.41. The number of carbonyl (C=O) groups excluding carboxylic acids is 1. The minimum atomic E-state index is -0.342. The third-order valence-electron chi connectivity index (χ3n) is 3.41. The number of benzene rings is 1. The van der Waals surface area contributed by atoms with E-state index in [-0.39, 0.29) is 11.9 Å². The van der Waals surface area contributed by atoms with Crippen LogP contribution in [0.3, 0.4) is 0 Å². The normalized spacial score (nSPS) is 12.2. The van der Waals surface area contributed by atoms with Crippen molar-refractivity contribution in [2.75, 3.05) is 27.2 Å². The number of nitrogens with zero attached hydrogens (tertiary/aromatic N) is 3. The molecule has 2 aromatic rings. The zero-order valence-corrected chi connectivity index (χ0v) is 13.9. The largest absolute Gasteiger partial charge is 0.472 e. The number of carbonyl (C=O) groups is 1. The summed E-state index contributed by atoms with van der Waals surface area (Å²) in [6, 6.07) is 7.61. The monoisotopic (exact) mass is 318 g/mol. The lowest BCUT2D eigenvalue weighted by Crippen LogP contribution is -2.38. The van der Waals surface area contributed by atoms with Crippen molar-refractivity contribution in [1.82, 2.24) is 20.5 Å². The van der Waals surface area contributed by atoms with Crippen LogP contribution in [-0.2, 0) is 4.79 Å². The molecule has 1 atom stereocenters. The Bertz CT molecular complexity index is 637.